The molecule has 114 valence electrons. The standard InChI is InChI=1S/C14H12N4.C4H10/c15-12-4-1-10(2-5-12)3-6-13-9-11(14(16)17)7-8-18-13;1-3-4-2/h1-2,4-5,7-9H,15H2,(H3,16,17);3-4H2,1-2H3. The van der Waals surface area contributed by atoms with Crippen LogP contribution >= 0.6 is 0 Å². The molecule has 2 rings (SSSR count). The number of anilines is 1. The third-order valence-electron chi connectivity index (χ3n) is 2.82. The summed E-state index contributed by atoms with van der Waals surface area (Å²) in [5.74, 6) is 5.90. The van der Waals surface area contributed by atoms with Gasteiger partial charge >= 0.3 is 0 Å². The van der Waals surface area contributed by atoms with Gasteiger partial charge in [-0.05, 0) is 42.3 Å². The molecule has 0 unspecified atom stereocenters. The Labute approximate surface area is 132 Å². The summed E-state index contributed by atoms with van der Waals surface area (Å²) in [5, 5.41) is 7.34. The van der Waals surface area contributed by atoms with Crippen molar-refractivity contribution in [3.8, 4) is 11.8 Å². The van der Waals surface area contributed by atoms with Gasteiger partial charge in [-0.3, -0.25) is 5.41 Å². The fourth-order valence-electron chi connectivity index (χ4n) is 1.37. The van der Waals surface area contributed by atoms with E-state index in [-0.39, 0.29) is 5.84 Å². The molecule has 0 radical (unpaired) electrons. The number of aromatic nitrogens is 1. The van der Waals surface area contributed by atoms with Crippen LogP contribution in [0, 0.1) is 17.3 Å². The number of nitrogens with zero attached hydrogens (tertiary/aromatic N) is 1. The highest BCUT2D eigenvalue weighted by molar-refractivity contribution is 5.95. The first-order valence-electron chi connectivity index (χ1n) is 7.24. The number of amidine groups is 1. The van der Waals surface area contributed by atoms with Crippen LogP contribution in [-0.4, -0.2) is 10.8 Å². The van der Waals surface area contributed by atoms with Gasteiger partial charge in [0.2, 0.25) is 0 Å². The molecule has 0 atom stereocenters. The first kappa shape index (κ1) is 17.3. The van der Waals surface area contributed by atoms with E-state index in [1.54, 1.807) is 30.5 Å². The van der Waals surface area contributed by atoms with Crippen LogP contribution in [0.4, 0.5) is 5.69 Å². The van der Waals surface area contributed by atoms with E-state index >= 15 is 0 Å². The molecule has 1 aromatic carbocycles. The lowest BCUT2D eigenvalue weighted by Crippen LogP contribution is -2.11. The monoisotopic (exact) mass is 294 g/mol. The quantitative estimate of drug-likeness (QED) is 0.344. The van der Waals surface area contributed by atoms with Crippen molar-refractivity contribution in [2.24, 2.45) is 5.73 Å². The van der Waals surface area contributed by atoms with Crippen molar-refractivity contribution in [3.05, 3.63) is 59.4 Å². The van der Waals surface area contributed by atoms with E-state index in [1.165, 1.54) is 12.8 Å². The second-order valence-corrected chi connectivity index (χ2v) is 4.72. The molecule has 1 aromatic heterocycles. The Bertz CT molecular complexity index is 661. The SMILES string of the molecule is CCCC.N=C(N)c1ccnc(C#Cc2ccc(N)cc2)c1. The summed E-state index contributed by atoms with van der Waals surface area (Å²) in [6.45, 7) is 4.36. The van der Waals surface area contributed by atoms with Gasteiger partial charge in [0.15, 0.2) is 0 Å². The second kappa shape index (κ2) is 9.19. The molecule has 2 aromatic rings. The molecule has 0 saturated carbocycles. The maximum Gasteiger partial charge on any atom is 0.122 e. The highest BCUT2D eigenvalue weighted by atomic mass is 14.7. The Hall–Kier alpha value is -2.80. The number of benzene rings is 1. The Balaban J connectivity index is 0.000000541. The van der Waals surface area contributed by atoms with Crippen molar-refractivity contribution in [1.29, 1.82) is 5.41 Å². The van der Waals surface area contributed by atoms with Crippen LogP contribution in [0.15, 0.2) is 42.6 Å². The summed E-state index contributed by atoms with van der Waals surface area (Å²) in [6.07, 6.45) is 4.23. The van der Waals surface area contributed by atoms with Gasteiger partial charge < -0.3 is 11.5 Å². The van der Waals surface area contributed by atoms with Gasteiger partial charge in [-0.25, -0.2) is 4.98 Å². The minimum Gasteiger partial charge on any atom is -0.399 e. The minimum absolute atomic E-state index is 0.00735. The number of hydrogen-bond acceptors (Lipinski definition) is 3. The zero-order valence-electron chi connectivity index (χ0n) is 13.1. The molecular weight excluding hydrogens is 272 g/mol. The Kier molecular flexibility index (Phi) is 7.21. The predicted molar refractivity (Wildman–Crippen MR) is 92.7 cm³/mol. The van der Waals surface area contributed by atoms with Crippen molar-refractivity contribution in [3.63, 3.8) is 0 Å². The molecule has 0 aliphatic carbocycles. The lowest BCUT2D eigenvalue weighted by molar-refractivity contribution is 0.886. The summed E-state index contributed by atoms with van der Waals surface area (Å²) >= 11 is 0. The van der Waals surface area contributed by atoms with Gasteiger partial charge in [-0.15, -0.1) is 0 Å². The van der Waals surface area contributed by atoms with E-state index in [0.717, 1.165) is 5.56 Å². The van der Waals surface area contributed by atoms with Gasteiger partial charge in [0, 0.05) is 23.0 Å². The Morgan fingerprint density at radius 2 is 1.73 bits per heavy atom. The molecule has 0 bridgehead atoms. The molecule has 4 nitrogen and oxygen atoms in total. The van der Waals surface area contributed by atoms with Crippen LogP contribution in [0.1, 0.15) is 43.5 Å². The second-order valence-electron chi connectivity index (χ2n) is 4.72. The van der Waals surface area contributed by atoms with E-state index in [2.05, 4.69) is 30.7 Å². The minimum atomic E-state index is 0.00735. The van der Waals surface area contributed by atoms with Crippen molar-refractivity contribution in [2.75, 3.05) is 5.73 Å². The number of rotatable bonds is 2. The van der Waals surface area contributed by atoms with E-state index in [0.29, 0.717) is 16.9 Å². The van der Waals surface area contributed by atoms with Crippen molar-refractivity contribution >= 4 is 11.5 Å². The van der Waals surface area contributed by atoms with E-state index in [4.69, 9.17) is 16.9 Å². The predicted octanol–water partition coefficient (Wildman–Crippen LogP) is 3.15. The smallest absolute Gasteiger partial charge is 0.122 e. The first-order chi connectivity index (χ1) is 10.6. The summed E-state index contributed by atoms with van der Waals surface area (Å²) in [4.78, 5) is 4.10. The highest BCUT2D eigenvalue weighted by Crippen LogP contribution is 2.04. The Morgan fingerprint density at radius 1 is 1.09 bits per heavy atom. The summed E-state index contributed by atoms with van der Waals surface area (Å²) in [5.41, 5.74) is 13.8. The molecule has 0 saturated heterocycles. The van der Waals surface area contributed by atoms with Crippen LogP contribution in [0.5, 0.6) is 0 Å². The average molecular weight is 294 g/mol. The van der Waals surface area contributed by atoms with E-state index in [9.17, 15) is 0 Å². The summed E-state index contributed by atoms with van der Waals surface area (Å²) in [6, 6.07) is 10.6. The number of pyridine rings is 1. The molecule has 0 amide bonds. The van der Waals surface area contributed by atoms with Crippen molar-refractivity contribution in [1.82, 2.24) is 4.98 Å². The maximum absolute atomic E-state index is 7.34. The highest BCUT2D eigenvalue weighted by Gasteiger charge is 1.97. The number of nitrogens with one attached hydrogen (secondary N) is 1. The first-order valence-corrected chi connectivity index (χ1v) is 7.24. The molecule has 1 heterocycles. The van der Waals surface area contributed by atoms with Crippen LogP contribution in [-0.2, 0) is 0 Å². The fourth-order valence-corrected chi connectivity index (χ4v) is 1.37. The van der Waals surface area contributed by atoms with Crippen molar-refractivity contribution in [2.45, 2.75) is 26.7 Å². The third-order valence-corrected chi connectivity index (χ3v) is 2.82. The van der Waals surface area contributed by atoms with Crippen LogP contribution in [0.3, 0.4) is 0 Å². The fraction of sp³-hybridized carbons (Fsp3) is 0.222. The zero-order chi connectivity index (χ0) is 16.4. The van der Waals surface area contributed by atoms with Gasteiger partial charge in [0.05, 0.1) is 0 Å². The zero-order valence-corrected chi connectivity index (χ0v) is 13.1. The molecule has 0 aliphatic heterocycles. The molecule has 0 aliphatic rings. The average Bonchev–Trinajstić information content (AvgIpc) is 2.55. The topological polar surface area (TPSA) is 88.8 Å². The van der Waals surface area contributed by atoms with Crippen molar-refractivity contribution < 1.29 is 0 Å². The van der Waals surface area contributed by atoms with Gasteiger partial charge in [-0.1, -0.05) is 32.6 Å². The summed E-state index contributed by atoms with van der Waals surface area (Å²) < 4.78 is 0. The molecular formula is C18H22N4. The van der Waals surface area contributed by atoms with Crippen LogP contribution in [0.2, 0.25) is 0 Å². The van der Waals surface area contributed by atoms with Crippen LogP contribution < -0.4 is 11.5 Å². The summed E-state index contributed by atoms with van der Waals surface area (Å²) in [7, 11) is 0. The number of hydrogen-bond donors (Lipinski definition) is 3. The number of nitrogen functional groups attached to an aromatic ring is 2. The molecule has 22 heavy (non-hydrogen) atoms. The normalized spacial score (nSPS) is 9.00. The number of unbranched alkanes of at least 4 members (excludes halogenated alkanes) is 1. The largest absolute Gasteiger partial charge is 0.399 e. The van der Waals surface area contributed by atoms with Crippen LogP contribution in [0.25, 0.3) is 0 Å². The third kappa shape index (κ3) is 6.10. The van der Waals surface area contributed by atoms with Gasteiger partial charge in [0.1, 0.15) is 11.5 Å². The lowest BCUT2D eigenvalue weighted by Gasteiger charge is -1.97. The molecule has 0 fully saturated rings. The molecule has 4 heteroatoms. The lowest BCUT2D eigenvalue weighted by atomic mass is 10.2. The number of nitrogens with two attached hydrogens (primary N) is 2. The Morgan fingerprint density at radius 3 is 2.27 bits per heavy atom. The van der Waals surface area contributed by atoms with Gasteiger partial charge in [-0.2, -0.15) is 0 Å². The molecule has 0 spiro atoms. The maximum atomic E-state index is 7.34. The van der Waals surface area contributed by atoms with E-state index in [1.807, 2.05) is 12.1 Å². The van der Waals surface area contributed by atoms with E-state index < -0.39 is 0 Å². The molecule has 5 N–H and O–H groups in total. The van der Waals surface area contributed by atoms with Gasteiger partial charge in [0.25, 0.3) is 0 Å².